The molecule has 1 saturated heterocycles. The molecule has 1 spiro atoms. The van der Waals surface area contributed by atoms with Crippen molar-refractivity contribution in [3.63, 3.8) is 0 Å². The average molecular weight is 269 g/mol. The molecule has 0 unspecified atom stereocenters. The minimum Gasteiger partial charge on any atom is -0.347 e. The molecule has 1 aliphatic heterocycles. The van der Waals surface area contributed by atoms with Gasteiger partial charge in [0.25, 0.3) is 0 Å². The van der Waals surface area contributed by atoms with E-state index in [9.17, 15) is 0 Å². The summed E-state index contributed by atoms with van der Waals surface area (Å²) in [5.74, 6) is 7.38. The fraction of sp³-hybridized carbons (Fsp3) is 1.00. The van der Waals surface area contributed by atoms with Crippen molar-refractivity contribution in [1.82, 2.24) is 0 Å². The van der Waals surface area contributed by atoms with Crippen molar-refractivity contribution < 1.29 is 9.47 Å². The Morgan fingerprint density at radius 1 is 0.800 bits per heavy atom. The van der Waals surface area contributed by atoms with Crippen LogP contribution in [0.15, 0.2) is 0 Å². The molecular formula is C12H13BrO2. The van der Waals surface area contributed by atoms with E-state index in [1.54, 1.807) is 0 Å². The molecule has 15 heavy (non-hydrogen) atoms. The Kier molecular flexibility index (Phi) is 0.946. The van der Waals surface area contributed by atoms with Crippen LogP contribution in [0.5, 0.6) is 0 Å². The Morgan fingerprint density at radius 3 is 2.07 bits per heavy atom. The number of alkyl halides is 1. The maximum Gasteiger partial charge on any atom is 0.175 e. The number of hydrogen-bond acceptors (Lipinski definition) is 2. The Balaban J connectivity index is 1.63. The third-order valence-corrected chi connectivity index (χ3v) is 7.95. The predicted molar refractivity (Wildman–Crippen MR) is 55.3 cm³/mol. The first-order valence-electron chi connectivity index (χ1n) is 6.28. The molecule has 0 aromatic rings. The highest BCUT2D eigenvalue weighted by Gasteiger charge is 2.94. The zero-order valence-electron chi connectivity index (χ0n) is 8.30. The molecule has 0 amide bonds. The Bertz CT molecular complexity index is 389. The van der Waals surface area contributed by atoms with Crippen LogP contribution in [-0.4, -0.2) is 23.8 Å². The zero-order valence-corrected chi connectivity index (χ0v) is 9.89. The second-order valence-electron chi connectivity index (χ2n) is 6.38. The highest BCUT2D eigenvalue weighted by atomic mass is 79.9. The first-order chi connectivity index (χ1) is 7.36. The van der Waals surface area contributed by atoms with Gasteiger partial charge in [-0.15, -0.1) is 0 Å². The lowest BCUT2D eigenvalue weighted by Gasteiger charge is -2.63. The van der Waals surface area contributed by atoms with Crippen LogP contribution in [0.1, 0.15) is 0 Å². The van der Waals surface area contributed by atoms with Gasteiger partial charge < -0.3 is 9.47 Å². The zero-order chi connectivity index (χ0) is 9.52. The Hall–Kier alpha value is 0.400. The third kappa shape index (κ3) is 0.460. The normalized spacial score (nSPS) is 77.8. The second-order valence-corrected chi connectivity index (χ2v) is 7.44. The monoisotopic (exact) mass is 268 g/mol. The van der Waals surface area contributed by atoms with Crippen LogP contribution in [0.25, 0.3) is 0 Å². The summed E-state index contributed by atoms with van der Waals surface area (Å²) < 4.78 is 12.2. The third-order valence-electron chi connectivity index (χ3n) is 6.73. The quantitative estimate of drug-likeness (QED) is 0.620. The lowest BCUT2D eigenvalue weighted by atomic mass is 9.41. The topological polar surface area (TPSA) is 18.5 Å². The molecule has 7 fully saturated rings. The number of halogens is 1. The summed E-state index contributed by atoms with van der Waals surface area (Å²) in [6, 6.07) is 0. The van der Waals surface area contributed by atoms with E-state index in [1.165, 1.54) is 0 Å². The van der Waals surface area contributed by atoms with E-state index in [-0.39, 0.29) is 5.79 Å². The van der Waals surface area contributed by atoms with Crippen molar-refractivity contribution in [1.29, 1.82) is 0 Å². The van der Waals surface area contributed by atoms with Gasteiger partial charge in [-0.3, -0.25) is 0 Å². The molecule has 7 rings (SSSR count). The summed E-state index contributed by atoms with van der Waals surface area (Å²) in [7, 11) is 0. The van der Waals surface area contributed by atoms with E-state index in [0.29, 0.717) is 0 Å². The van der Waals surface area contributed by atoms with Gasteiger partial charge in [-0.25, -0.2) is 0 Å². The van der Waals surface area contributed by atoms with Crippen molar-refractivity contribution in [3.05, 3.63) is 0 Å². The van der Waals surface area contributed by atoms with Gasteiger partial charge >= 0.3 is 0 Å². The number of rotatable bonds is 0. The van der Waals surface area contributed by atoms with Crippen LogP contribution in [-0.2, 0) is 9.47 Å². The van der Waals surface area contributed by atoms with Crippen molar-refractivity contribution in [2.75, 3.05) is 13.2 Å². The molecule has 7 aliphatic rings. The van der Waals surface area contributed by atoms with Crippen molar-refractivity contribution in [2.45, 2.75) is 10.6 Å². The molecule has 0 aromatic carbocycles. The van der Waals surface area contributed by atoms with Crippen LogP contribution in [0.3, 0.4) is 0 Å². The molecule has 0 aromatic heterocycles. The maximum atomic E-state index is 6.09. The fourth-order valence-electron chi connectivity index (χ4n) is 6.91. The van der Waals surface area contributed by atoms with E-state index in [0.717, 1.165) is 65.4 Å². The predicted octanol–water partition coefficient (Wildman–Crippen LogP) is 1.49. The molecule has 1 heterocycles. The molecule has 4 bridgehead atoms. The van der Waals surface area contributed by atoms with Gasteiger partial charge in [0, 0.05) is 16.7 Å². The Labute approximate surface area is 96.8 Å². The van der Waals surface area contributed by atoms with E-state index < -0.39 is 0 Å². The first kappa shape index (κ1) is 7.67. The van der Waals surface area contributed by atoms with Crippen LogP contribution < -0.4 is 0 Å². The van der Waals surface area contributed by atoms with Crippen molar-refractivity contribution >= 4 is 15.9 Å². The van der Waals surface area contributed by atoms with Crippen LogP contribution in [0.2, 0.25) is 0 Å². The van der Waals surface area contributed by atoms with E-state index in [4.69, 9.17) is 9.47 Å². The van der Waals surface area contributed by atoms with Crippen LogP contribution in [0.4, 0.5) is 0 Å². The summed E-state index contributed by atoms with van der Waals surface area (Å²) in [6.45, 7) is 1.68. The van der Waals surface area contributed by atoms with Crippen LogP contribution in [0, 0.1) is 47.3 Å². The number of ether oxygens (including phenoxy) is 2. The van der Waals surface area contributed by atoms with E-state index in [2.05, 4.69) is 15.9 Å². The molecule has 9 atom stereocenters. The second kappa shape index (κ2) is 1.85. The average Bonchev–Trinajstić information content (AvgIpc) is 2.87. The SMILES string of the molecule is Br[C@H]1[C@@H]2[C@H]3[C@@H]4[C@@H]1[C@@H]1[C@H]2[C@H]3[C@H]4C12OCCO2. The maximum absolute atomic E-state index is 6.09. The lowest BCUT2D eigenvalue weighted by molar-refractivity contribution is -0.226. The van der Waals surface area contributed by atoms with Crippen molar-refractivity contribution in [3.8, 4) is 0 Å². The molecule has 6 saturated carbocycles. The first-order valence-corrected chi connectivity index (χ1v) is 7.20. The minimum atomic E-state index is -0.0849. The molecule has 2 nitrogen and oxygen atoms in total. The fourth-order valence-corrected chi connectivity index (χ4v) is 8.30. The summed E-state index contributed by atoms with van der Waals surface area (Å²) in [4.78, 5) is 0.802. The molecule has 0 radical (unpaired) electrons. The summed E-state index contributed by atoms with van der Waals surface area (Å²) in [5, 5.41) is 0. The van der Waals surface area contributed by atoms with E-state index >= 15 is 0 Å². The summed E-state index contributed by atoms with van der Waals surface area (Å²) in [6.07, 6.45) is 0. The Morgan fingerprint density at radius 2 is 1.40 bits per heavy atom. The standard InChI is InChI=1S/C12H13BrO2/c13-11-7-3-4-6(7)10-8(11)5(3)9(4)12(10)14-1-2-15-12/h3-11H,1-2H2/t3-,4+,5-,6+,7-,8-,9-,10+,11+/m1/s1. The smallest absolute Gasteiger partial charge is 0.175 e. The lowest BCUT2D eigenvalue weighted by Crippen LogP contribution is -2.61. The highest BCUT2D eigenvalue weighted by Crippen LogP contribution is 2.92. The molecule has 80 valence electrons. The van der Waals surface area contributed by atoms with Gasteiger partial charge in [0.2, 0.25) is 0 Å². The minimum absolute atomic E-state index is 0.0849. The molecule has 3 heteroatoms. The molecule has 0 N–H and O–H groups in total. The van der Waals surface area contributed by atoms with E-state index in [1.807, 2.05) is 0 Å². The number of hydrogen-bond donors (Lipinski definition) is 0. The largest absolute Gasteiger partial charge is 0.347 e. The molecule has 6 aliphatic carbocycles. The van der Waals surface area contributed by atoms with Crippen molar-refractivity contribution in [2.24, 2.45) is 47.3 Å². The van der Waals surface area contributed by atoms with Gasteiger partial charge in [0.05, 0.1) is 13.2 Å². The van der Waals surface area contributed by atoms with Gasteiger partial charge in [-0.2, -0.15) is 0 Å². The summed E-state index contributed by atoms with van der Waals surface area (Å²) >= 11 is 3.96. The summed E-state index contributed by atoms with van der Waals surface area (Å²) in [5.41, 5.74) is 0. The van der Waals surface area contributed by atoms with Gasteiger partial charge in [-0.1, -0.05) is 15.9 Å². The molecular weight excluding hydrogens is 256 g/mol. The van der Waals surface area contributed by atoms with Gasteiger partial charge in [-0.05, 0) is 35.5 Å². The van der Waals surface area contributed by atoms with Gasteiger partial charge in [0.15, 0.2) is 5.79 Å². The van der Waals surface area contributed by atoms with Crippen LogP contribution >= 0.6 is 15.9 Å². The van der Waals surface area contributed by atoms with Gasteiger partial charge in [0.1, 0.15) is 0 Å². The highest BCUT2D eigenvalue weighted by molar-refractivity contribution is 9.09.